The molecule has 0 aliphatic carbocycles. The number of hydrogen-bond acceptors (Lipinski definition) is 1. The van der Waals surface area contributed by atoms with Gasteiger partial charge in [0.1, 0.15) is 0 Å². The van der Waals surface area contributed by atoms with E-state index in [-0.39, 0.29) is 11.8 Å². The van der Waals surface area contributed by atoms with Crippen molar-refractivity contribution in [3.63, 3.8) is 0 Å². The van der Waals surface area contributed by atoms with Gasteiger partial charge in [0.2, 0.25) is 5.91 Å². The Hall–Kier alpha value is -1.31. The topological polar surface area (TPSA) is 29.1 Å². The minimum atomic E-state index is 0.0873. The second-order valence-electron chi connectivity index (χ2n) is 5.11. The zero-order chi connectivity index (χ0) is 13.5. The first-order valence-corrected chi connectivity index (χ1v) is 6.99. The lowest BCUT2D eigenvalue weighted by atomic mass is 9.98. The van der Waals surface area contributed by atoms with Gasteiger partial charge in [-0.3, -0.25) is 4.79 Å². The van der Waals surface area contributed by atoms with Crippen LogP contribution >= 0.6 is 0 Å². The molecule has 1 aromatic rings. The maximum absolute atomic E-state index is 11.9. The van der Waals surface area contributed by atoms with Crippen LogP contribution in [-0.2, 0) is 4.79 Å². The number of hydrogen-bond donors (Lipinski definition) is 1. The normalized spacial score (nSPS) is 14.0. The van der Waals surface area contributed by atoms with E-state index in [2.05, 4.69) is 38.2 Å². The molecule has 1 aromatic carbocycles. The second-order valence-corrected chi connectivity index (χ2v) is 5.11. The number of carbonyl (C=O) groups is 1. The van der Waals surface area contributed by atoms with Gasteiger partial charge in [0.25, 0.3) is 0 Å². The molecule has 0 fully saturated rings. The van der Waals surface area contributed by atoms with Gasteiger partial charge in [-0.15, -0.1) is 0 Å². The summed E-state index contributed by atoms with van der Waals surface area (Å²) in [5, 5.41) is 2.97. The van der Waals surface area contributed by atoms with E-state index in [4.69, 9.17) is 0 Å². The summed E-state index contributed by atoms with van der Waals surface area (Å²) in [5.74, 6) is 0.783. The summed E-state index contributed by atoms with van der Waals surface area (Å²) < 4.78 is 0. The minimum absolute atomic E-state index is 0.0873. The van der Waals surface area contributed by atoms with Crippen LogP contribution in [-0.4, -0.2) is 5.91 Å². The molecule has 0 bridgehead atoms. The summed E-state index contributed by atoms with van der Waals surface area (Å²) in [6, 6.07) is 8.21. The van der Waals surface area contributed by atoms with Crippen LogP contribution in [0.1, 0.15) is 58.4 Å². The molecule has 100 valence electrons. The van der Waals surface area contributed by atoms with Crippen LogP contribution in [0.4, 0.5) is 5.69 Å². The molecule has 1 amide bonds. The third kappa shape index (κ3) is 4.17. The third-order valence-corrected chi connectivity index (χ3v) is 3.53. The lowest BCUT2D eigenvalue weighted by Crippen LogP contribution is -2.20. The van der Waals surface area contributed by atoms with Crippen molar-refractivity contribution >= 4 is 11.6 Å². The van der Waals surface area contributed by atoms with Gasteiger partial charge >= 0.3 is 0 Å². The summed E-state index contributed by atoms with van der Waals surface area (Å²) in [7, 11) is 0. The van der Waals surface area contributed by atoms with Crippen molar-refractivity contribution in [2.24, 2.45) is 5.92 Å². The van der Waals surface area contributed by atoms with E-state index in [1.165, 1.54) is 5.56 Å². The Bertz CT molecular complexity index is 369. The third-order valence-electron chi connectivity index (χ3n) is 3.53. The molecule has 2 nitrogen and oxygen atoms in total. The molecule has 1 rings (SSSR count). The standard InChI is InChI=1S/C16H25NO/c1-5-7-13(4)16(18)17-15-10-8-14(9-11-15)12(3)6-2/h8-13H,5-7H2,1-4H3,(H,17,18)/t12-,13+/m1/s1. The highest BCUT2D eigenvalue weighted by Crippen LogP contribution is 2.21. The molecule has 18 heavy (non-hydrogen) atoms. The van der Waals surface area contributed by atoms with E-state index in [0.29, 0.717) is 5.92 Å². The molecule has 0 radical (unpaired) electrons. The van der Waals surface area contributed by atoms with Crippen molar-refractivity contribution in [1.82, 2.24) is 0 Å². The zero-order valence-corrected chi connectivity index (χ0v) is 12.0. The molecule has 0 saturated heterocycles. The van der Waals surface area contributed by atoms with Crippen molar-refractivity contribution in [2.45, 2.75) is 52.9 Å². The van der Waals surface area contributed by atoms with Crippen molar-refractivity contribution in [3.05, 3.63) is 29.8 Å². The lowest BCUT2D eigenvalue weighted by Gasteiger charge is -2.13. The van der Waals surface area contributed by atoms with Crippen molar-refractivity contribution < 1.29 is 4.79 Å². The largest absolute Gasteiger partial charge is 0.326 e. The Morgan fingerprint density at radius 1 is 1.17 bits per heavy atom. The van der Waals surface area contributed by atoms with Crippen LogP contribution in [0.3, 0.4) is 0 Å². The number of benzene rings is 1. The Morgan fingerprint density at radius 3 is 2.28 bits per heavy atom. The lowest BCUT2D eigenvalue weighted by molar-refractivity contribution is -0.119. The average molecular weight is 247 g/mol. The summed E-state index contributed by atoms with van der Waals surface area (Å²) in [6.45, 7) is 8.49. The highest BCUT2D eigenvalue weighted by molar-refractivity contribution is 5.92. The molecular weight excluding hydrogens is 222 g/mol. The summed E-state index contributed by atoms with van der Waals surface area (Å²) in [4.78, 5) is 11.9. The molecule has 0 aliphatic heterocycles. The van der Waals surface area contributed by atoms with Gasteiger partial charge in [-0.2, -0.15) is 0 Å². The molecule has 0 saturated carbocycles. The van der Waals surface area contributed by atoms with Gasteiger partial charge in [-0.25, -0.2) is 0 Å². The highest BCUT2D eigenvalue weighted by Gasteiger charge is 2.11. The molecule has 0 unspecified atom stereocenters. The van der Waals surface area contributed by atoms with Crippen molar-refractivity contribution in [1.29, 1.82) is 0 Å². The van der Waals surface area contributed by atoms with Gasteiger partial charge in [-0.05, 0) is 36.5 Å². The van der Waals surface area contributed by atoms with E-state index < -0.39 is 0 Å². The fourth-order valence-electron chi connectivity index (χ4n) is 1.96. The van der Waals surface area contributed by atoms with Crippen LogP contribution in [0.15, 0.2) is 24.3 Å². The maximum atomic E-state index is 11.9. The quantitative estimate of drug-likeness (QED) is 0.783. The molecule has 2 heteroatoms. The summed E-state index contributed by atoms with van der Waals surface area (Å²) >= 11 is 0. The highest BCUT2D eigenvalue weighted by atomic mass is 16.1. The molecule has 0 aromatic heterocycles. The van der Waals surface area contributed by atoms with Crippen LogP contribution in [0.5, 0.6) is 0 Å². The molecule has 2 atom stereocenters. The van der Waals surface area contributed by atoms with Crippen LogP contribution in [0.2, 0.25) is 0 Å². The van der Waals surface area contributed by atoms with E-state index in [0.717, 1.165) is 24.9 Å². The number of amides is 1. The van der Waals surface area contributed by atoms with Gasteiger partial charge in [-0.1, -0.05) is 46.2 Å². The SMILES string of the molecule is CCC[C@H](C)C(=O)Nc1ccc([C@H](C)CC)cc1. The Balaban J connectivity index is 2.61. The zero-order valence-electron chi connectivity index (χ0n) is 12.0. The Labute approximate surface area is 111 Å². The van der Waals surface area contributed by atoms with E-state index in [9.17, 15) is 4.79 Å². The van der Waals surface area contributed by atoms with Crippen molar-refractivity contribution in [3.8, 4) is 0 Å². The summed E-state index contributed by atoms with van der Waals surface area (Å²) in [5.41, 5.74) is 2.23. The molecular formula is C16H25NO. The maximum Gasteiger partial charge on any atom is 0.227 e. The molecule has 1 N–H and O–H groups in total. The smallest absolute Gasteiger partial charge is 0.227 e. The number of nitrogens with one attached hydrogen (secondary N) is 1. The predicted octanol–water partition coefficient (Wildman–Crippen LogP) is 4.57. The van der Waals surface area contributed by atoms with E-state index in [1.807, 2.05) is 19.1 Å². The van der Waals surface area contributed by atoms with Crippen LogP contribution in [0.25, 0.3) is 0 Å². The van der Waals surface area contributed by atoms with Crippen LogP contribution in [0, 0.1) is 5.92 Å². The molecule has 0 heterocycles. The van der Waals surface area contributed by atoms with Gasteiger partial charge in [0, 0.05) is 11.6 Å². The van der Waals surface area contributed by atoms with E-state index in [1.54, 1.807) is 0 Å². The number of anilines is 1. The molecule has 0 aliphatic rings. The van der Waals surface area contributed by atoms with E-state index >= 15 is 0 Å². The Morgan fingerprint density at radius 2 is 1.78 bits per heavy atom. The number of rotatable bonds is 6. The average Bonchev–Trinajstić information content (AvgIpc) is 2.39. The van der Waals surface area contributed by atoms with Crippen molar-refractivity contribution in [2.75, 3.05) is 5.32 Å². The predicted molar refractivity (Wildman–Crippen MR) is 77.8 cm³/mol. The monoisotopic (exact) mass is 247 g/mol. The van der Waals surface area contributed by atoms with Crippen LogP contribution < -0.4 is 5.32 Å². The second kappa shape index (κ2) is 7.20. The Kier molecular flexibility index (Phi) is 5.90. The fraction of sp³-hybridized carbons (Fsp3) is 0.562. The first-order chi connectivity index (χ1) is 8.58. The number of carbonyl (C=O) groups excluding carboxylic acids is 1. The fourth-order valence-corrected chi connectivity index (χ4v) is 1.96. The van der Waals surface area contributed by atoms with Gasteiger partial charge in [0.05, 0.1) is 0 Å². The first kappa shape index (κ1) is 14.7. The first-order valence-electron chi connectivity index (χ1n) is 6.99. The van der Waals surface area contributed by atoms with Gasteiger partial charge < -0.3 is 5.32 Å². The molecule has 0 spiro atoms. The minimum Gasteiger partial charge on any atom is -0.326 e. The summed E-state index contributed by atoms with van der Waals surface area (Å²) in [6.07, 6.45) is 3.12. The van der Waals surface area contributed by atoms with Gasteiger partial charge in [0.15, 0.2) is 0 Å².